The van der Waals surface area contributed by atoms with Crippen LogP contribution in [0.2, 0.25) is 0 Å². The molecule has 1 radical (unpaired) electrons. The first-order chi connectivity index (χ1) is 8.28. The maximum atomic E-state index is 9.17. The number of fused-ring (bicyclic) bond motifs is 1. The van der Waals surface area contributed by atoms with E-state index in [0.717, 1.165) is 30.7 Å². The van der Waals surface area contributed by atoms with Crippen molar-refractivity contribution in [2.24, 2.45) is 5.92 Å². The normalized spacial score (nSPS) is 19.2. The summed E-state index contributed by atoms with van der Waals surface area (Å²) < 4.78 is 0. The minimum atomic E-state index is 0. The van der Waals surface area contributed by atoms with Gasteiger partial charge in [0, 0.05) is 63.4 Å². The Morgan fingerprint density at radius 1 is 1.50 bits per heavy atom. The van der Waals surface area contributed by atoms with E-state index in [1.165, 1.54) is 0 Å². The summed E-state index contributed by atoms with van der Waals surface area (Å²) in [7, 11) is 0. The van der Waals surface area contributed by atoms with Gasteiger partial charge >= 0.3 is 0 Å². The number of aliphatic hydroxyl groups is 1. The van der Waals surface area contributed by atoms with Gasteiger partial charge in [-0.05, 0) is 19.0 Å². The summed E-state index contributed by atoms with van der Waals surface area (Å²) in [6.45, 7) is 3.85. The van der Waals surface area contributed by atoms with Crippen LogP contribution in [-0.2, 0) is 20.4 Å². The summed E-state index contributed by atoms with van der Waals surface area (Å²) in [6, 6.07) is 0. The van der Waals surface area contributed by atoms with E-state index < -0.39 is 0 Å². The molecule has 0 bridgehead atoms. The molecule has 1 saturated heterocycles. The Labute approximate surface area is 118 Å². The Kier molecular flexibility index (Phi) is 3.95. The standard InChI is InChI=1S/C11H14N5O.Re/c1-7-13-10-9(4-12-15-10)11(14-7)16-3-2-8(5-16)6-17;/h4,8,17H,2-3,5-6H2,1H3;/q-1;. The molecule has 97 valence electrons. The van der Waals surface area contributed by atoms with E-state index in [-0.39, 0.29) is 27.0 Å². The molecular formula is C11H14N5ORe-. The van der Waals surface area contributed by atoms with Crippen molar-refractivity contribution in [2.75, 3.05) is 24.6 Å². The Balaban J connectivity index is 0.00000120. The van der Waals surface area contributed by atoms with Crippen LogP contribution in [0.1, 0.15) is 12.2 Å². The summed E-state index contributed by atoms with van der Waals surface area (Å²) in [5.41, 5.74) is 0.653. The fourth-order valence-corrected chi connectivity index (χ4v) is 2.30. The molecule has 0 spiro atoms. The van der Waals surface area contributed by atoms with Crippen LogP contribution in [0, 0.1) is 12.8 Å². The first-order valence-corrected chi connectivity index (χ1v) is 5.76. The zero-order chi connectivity index (χ0) is 11.8. The van der Waals surface area contributed by atoms with Gasteiger partial charge in [-0.25, -0.2) is 4.98 Å². The van der Waals surface area contributed by atoms with Crippen molar-refractivity contribution in [3.8, 4) is 0 Å². The number of rotatable bonds is 2. The number of hydrogen-bond donors (Lipinski definition) is 1. The van der Waals surface area contributed by atoms with E-state index in [1.54, 1.807) is 6.20 Å². The monoisotopic (exact) mass is 419 g/mol. The number of hydrogen-bond acceptors (Lipinski definition) is 5. The average molecular weight is 418 g/mol. The Bertz CT molecular complexity index is 543. The second-order valence-electron chi connectivity index (χ2n) is 4.46. The first-order valence-electron chi connectivity index (χ1n) is 5.76. The molecule has 18 heavy (non-hydrogen) atoms. The predicted octanol–water partition coefficient (Wildman–Crippen LogP) is 0.107. The molecule has 7 heteroatoms. The molecule has 2 aromatic heterocycles. The van der Waals surface area contributed by atoms with E-state index >= 15 is 0 Å². The van der Waals surface area contributed by atoms with Gasteiger partial charge in [0.25, 0.3) is 0 Å². The van der Waals surface area contributed by atoms with Crippen LogP contribution in [0.3, 0.4) is 0 Å². The van der Waals surface area contributed by atoms with E-state index in [4.69, 9.17) is 0 Å². The van der Waals surface area contributed by atoms with Crippen LogP contribution < -0.4 is 10.00 Å². The largest absolute Gasteiger partial charge is 0.422 e. The third kappa shape index (κ3) is 2.26. The zero-order valence-corrected chi connectivity index (χ0v) is 12.8. The van der Waals surface area contributed by atoms with Gasteiger partial charge in [-0.3, -0.25) is 5.10 Å². The molecule has 3 rings (SSSR count). The number of aromatic nitrogens is 4. The molecule has 0 aromatic carbocycles. The molecule has 0 aliphatic carbocycles. The molecular weight excluding hydrogens is 404 g/mol. The number of aryl methyl sites for hydroxylation is 1. The van der Waals surface area contributed by atoms with E-state index in [9.17, 15) is 5.11 Å². The molecule has 1 fully saturated rings. The van der Waals surface area contributed by atoms with Gasteiger partial charge in [0.05, 0.1) is 0 Å². The predicted molar refractivity (Wildman–Crippen MR) is 62.8 cm³/mol. The second kappa shape index (κ2) is 5.31. The van der Waals surface area contributed by atoms with Gasteiger partial charge in [-0.1, -0.05) is 0 Å². The van der Waals surface area contributed by atoms with Gasteiger partial charge in [-0.2, -0.15) is 0 Å². The van der Waals surface area contributed by atoms with Gasteiger partial charge in [0.15, 0.2) is 0 Å². The molecule has 1 atom stereocenters. The molecule has 1 N–H and O–H groups in total. The third-order valence-electron chi connectivity index (χ3n) is 3.20. The topological polar surface area (TPSA) is 76.2 Å². The van der Waals surface area contributed by atoms with Crippen molar-refractivity contribution in [1.82, 2.24) is 20.2 Å². The Morgan fingerprint density at radius 2 is 2.33 bits per heavy atom. The fourth-order valence-electron chi connectivity index (χ4n) is 2.30. The minimum Gasteiger partial charge on any atom is -0.422 e. The third-order valence-corrected chi connectivity index (χ3v) is 3.20. The molecule has 0 saturated carbocycles. The maximum Gasteiger partial charge on any atom is 0.137 e. The summed E-state index contributed by atoms with van der Waals surface area (Å²) in [5.74, 6) is 1.95. The van der Waals surface area contributed by atoms with Crippen LogP contribution in [0.15, 0.2) is 6.20 Å². The molecule has 1 aliphatic rings. The van der Waals surface area contributed by atoms with Gasteiger partial charge in [0.2, 0.25) is 0 Å². The van der Waals surface area contributed by atoms with Crippen LogP contribution in [-0.4, -0.2) is 39.9 Å². The van der Waals surface area contributed by atoms with Crippen molar-refractivity contribution < 1.29 is 25.5 Å². The van der Waals surface area contributed by atoms with Gasteiger partial charge in [0.1, 0.15) is 5.82 Å². The molecule has 1 aliphatic heterocycles. The summed E-state index contributed by atoms with van der Waals surface area (Å²) in [4.78, 5) is 10.9. The molecule has 0 amide bonds. The Hall–Kier alpha value is -1.03. The number of aliphatic hydroxyl groups excluding tert-OH is 1. The van der Waals surface area contributed by atoms with E-state index in [0.29, 0.717) is 17.4 Å². The smallest absolute Gasteiger partial charge is 0.137 e. The average Bonchev–Trinajstić information content (AvgIpc) is 2.95. The van der Waals surface area contributed by atoms with Crippen LogP contribution >= 0.6 is 0 Å². The summed E-state index contributed by atoms with van der Waals surface area (Å²) >= 11 is 0. The second-order valence-corrected chi connectivity index (χ2v) is 4.46. The minimum absolute atomic E-state index is 0. The molecule has 6 nitrogen and oxygen atoms in total. The fraction of sp³-hybridized carbons (Fsp3) is 0.545. The molecule has 3 heterocycles. The van der Waals surface area contributed by atoms with E-state index in [2.05, 4.69) is 25.1 Å². The summed E-state index contributed by atoms with van der Waals surface area (Å²) in [6.07, 6.45) is 2.71. The zero-order valence-electron chi connectivity index (χ0n) is 10.0. The SMILES string of the molecule is Cc1nc(N2CCC(CO)C2)c2cn[n-]c2n1.[Re]. The van der Waals surface area contributed by atoms with Crippen molar-refractivity contribution in [3.63, 3.8) is 0 Å². The van der Waals surface area contributed by atoms with Crippen molar-refractivity contribution >= 4 is 16.9 Å². The maximum absolute atomic E-state index is 9.17. The van der Waals surface area contributed by atoms with Crippen molar-refractivity contribution in [3.05, 3.63) is 12.0 Å². The van der Waals surface area contributed by atoms with Crippen LogP contribution in [0.5, 0.6) is 0 Å². The van der Waals surface area contributed by atoms with E-state index in [1.807, 2.05) is 6.92 Å². The number of nitrogens with zero attached hydrogens (tertiary/aromatic N) is 5. The Morgan fingerprint density at radius 3 is 3.06 bits per heavy atom. The molecule has 2 aromatic rings. The summed E-state index contributed by atoms with van der Waals surface area (Å²) in [5, 5.41) is 17.9. The van der Waals surface area contributed by atoms with Crippen molar-refractivity contribution in [2.45, 2.75) is 13.3 Å². The quantitative estimate of drug-likeness (QED) is 0.746. The number of anilines is 1. The van der Waals surface area contributed by atoms with Crippen LogP contribution in [0.4, 0.5) is 5.82 Å². The first kappa shape index (κ1) is 13.4. The van der Waals surface area contributed by atoms with Gasteiger partial charge in [-0.15, -0.1) is 0 Å². The van der Waals surface area contributed by atoms with Crippen molar-refractivity contribution in [1.29, 1.82) is 0 Å². The molecule has 1 unspecified atom stereocenters. The van der Waals surface area contributed by atoms with Gasteiger partial charge < -0.3 is 20.1 Å². The van der Waals surface area contributed by atoms with Crippen LogP contribution in [0.25, 0.3) is 11.0 Å².